The molecule has 3 N–H and O–H groups in total. The zero-order valence-electron chi connectivity index (χ0n) is 9.02. The highest BCUT2D eigenvalue weighted by atomic mass is 35.5. The molecule has 2 rings (SSSR count). The average Bonchev–Trinajstić information content (AvgIpc) is 2.35. The molecule has 0 unspecified atom stereocenters. The molecule has 0 fully saturated rings. The third kappa shape index (κ3) is 2.52. The number of halogens is 2. The predicted octanol–water partition coefficient (Wildman–Crippen LogP) is 2.62. The monoisotopic (exact) mass is 282 g/mol. The Morgan fingerprint density at radius 2 is 1.94 bits per heavy atom. The molecule has 2 aromatic rings. The van der Waals surface area contributed by atoms with E-state index in [4.69, 9.17) is 28.9 Å². The number of para-hydroxylation sites is 1. The fourth-order valence-corrected chi connectivity index (χ4v) is 1.59. The van der Waals surface area contributed by atoms with E-state index in [0.29, 0.717) is 11.3 Å². The van der Waals surface area contributed by atoms with E-state index in [0.717, 1.165) is 0 Å². The minimum atomic E-state index is -0.412. The van der Waals surface area contributed by atoms with Crippen molar-refractivity contribution in [3.8, 4) is 0 Å². The quantitative estimate of drug-likeness (QED) is 0.655. The maximum atomic E-state index is 11.9. The summed E-state index contributed by atoms with van der Waals surface area (Å²) in [6.45, 7) is 0. The van der Waals surface area contributed by atoms with Gasteiger partial charge in [0.25, 0.3) is 5.91 Å². The van der Waals surface area contributed by atoms with Crippen LogP contribution in [0.1, 0.15) is 10.4 Å². The van der Waals surface area contributed by atoms with Crippen molar-refractivity contribution in [1.29, 1.82) is 0 Å². The third-order valence-electron chi connectivity index (χ3n) is 2.18. The van der Waals surface area contributed by atoms with Crippen molar-refractivity contribution in [1.82, 2.24) is 9.97 Å². The topological polar surface area (TPSA) is 80.9 Å². The first-order valence-electron chi connectivity index (χ1n) is 4.91. The molecule has 1 aromatic heterocycles. The summed E-state index contributed by atoms with van der Waals surface area (Å²) in [4.78, 5) is 19.5. The highest BCUT2D eigenvalue weighted by molar-refractivity contribution is 6.43. The molecule has 5 nitrogen and oxygen atoms in total. The van der Waals surface area contributed by atoms with Crippen LogP contribution in [0, 0.1) is 0 Å². The Kier molecular flexibility index (Phi) is 3.64. The lowest BCUT2D eigenvalue weighted by molar-refractivity contribution is 0.102. The average molecular weight is 283 g/mol. The zero-order chi connectivity index (χ0) is 13.1. The van der Waals surface area contributed by atoms with Crippen molar-refractivity contribution in [3.05, 3.63) is 46.3 Å². The van der Waals surface area contributed by atoms with Crippen LogP contribution in [0.15, 0.2) is 30.6 Å². The predicted molar refractivity (Wildman–Crippen MR) is 70.9 cm³/mol. The van der Waals surface area contributed by atoms with Crippen LogP contribution in [-0.2, 0) is 0 Å². The zero-order valence-corrected chi connectivity index (χ0v) is 10.5. The molecule has 0 saturated carbocycles. The number of carbonyl (C=O) groups excluding carboxylic acids is 1. The first kappa shape index (κ1) is 12.6. The minimum absolute atomic E-state index is 0.0722. The lowest BCUT2D eigenvalue weighted by Gasteiger charge is -2.07. The first-order valence-corrected chi connectivity index (χ1v) is 5.67. The molecule has 0 saturated heterocycles. The van der Waals surface area contributed by atoms with Gasteiger partial charge in [0.05, 0.1) is 5.56 Å². The Morgan fingerprint density at radius 3 is 2.67 bits per heavy atom. The lowest BCUT2D eigenvalue weighted by Crippen LogP contribution is -2.15. The number of carbonyl (C=O) groups is 1. The molecule has 0 radical (unpaired) electrons. The largest absolute Gasteiger partial charge is 0.398 e. The number of amides is 1. The van der Waals surface area contributed by atoms with E-state index in [9.17, 15) is 4.79 Å². The molecule has 0 aliphatic carbocycles. The summed E-state index contributed by atoms with van der Waals surface area (Å²) in [5, 5.41) is 2.68. The van der Waals surface area contributed by atoms with Crippen LogP contribution < -0.4 is 11.1 Å². The van der Waals surface area contributed by atoms with Gasteiger partial charge in [0.1, 0.15) is 11.3 Å². The molecule has 92 valence electrons. The van der Waals surface area contributed by atoms with E-state index in [1.54, 1.807) is 24.3 Å². The number of anilines is 2. The third-order valence-corrected chi connectivity index (χ3v) is 2.93. The van der Waals surface area contributed by atoms with Gasteiger partial charge >= 0.3 is 0 Å². The van der Waals surface area contributed by atoms with Gasteiger partial charge in [-0.3, -0.25) is 4.79 Å². The van der Waals surface area contributed by atoms with E-state index in [2.05, 4.69) is 15.3 Å². The number of benzene rings is 1. The van der Waals surface area contributed by atoms with Crippen molar-refractivity contribution in [2.75, 3.05) is 11.1 Å². The second-order valence-corrected chi connectivity index (χ2v) is 4.10. The summed E-state index contributed by atoms with van der Waals surface area (Å²) >= 11 is 11.6. The van der Waals surface area contributed by atoms with Crippen molar-refractivity contribution >= 4 is 40.6 Å². The molecule has 18 heavy (non-hydrogen) atoms. The highest BCUT2D eigenvalue weighted by Crippen LogP contribution is 2.26. The van der Waals surface area contributed by atoms with Gasteiger partial charge in [0.2, 0.25) is 0 Å². The molecule has 0 aliphatic heterocycles. The number of nitrogens with zero attached hydrogens (tertiary/aromatic N) is 2. The van der Waals surface area contributed by atoms with E-state index in [1.807, 2.05) is 0 Å². The van der Waals surface area contributed by atoms with Crippen molar-refractivity contribution in [3.63, 3.8) is 0 Å². The van der Waals surface area contributed by atoms with Crippen LogP contribution in [-0.4, -0.2) is 15.9 Å². The van der Waals surface area contributed by atoms with E-state index < -0.39 is 5.91 Å². The molecule has 7 heteroatoms. The number of hydrogen-bond donors (Lipinski definition) is 2. The molecule has 0 bridgehead atoms. The van der Waals surface area contributed by atoms with Crippen LogP contribution >= 0.6 is 23.2 Å². The van der Waals surface area contributed by atoms with Gasteiger partial charge in [-0.2, -0.15) is 0 Å². The van der Waals surface area contributed by atoms with Gasteiger partial charge in [-0.25, -0.2) is 9.97 Å². The molecular weight excluding hydrogens is 275 g/mol. The summed E-state index contributed by atoms with van der Waals surface area (Å²) < 4.78 is 0. The summed E-state index contributed by atoms with van der Waals surface area (Å²) in [5.74, 6) is -0.269. The SMILES string of the molecule is Nc1ccccc1C(=O)Nc1ncnc(Cl)c1Cl. The normalized spacial score (nSPS) is 10.1. The summed E-state index contributed by atoms with van der Waals surface area (Å²) in [5.41, 5.74) is 6.39. The number of hydrogen-bond acceptors (Lipinski definition) is 4. The number of nitrogens with one attached hydrogen (secondary N) is 1. The lowest BCUT2D eigenvalue weighted by atomic mass is 10.1. The van der Waals surface area contributed by atoms with Gasteiger partial charge in [0, 0.05) is 5.69 Å². The fraction of sp³-hybridized carbons (Fsp3) is 0. The van der Waals surface area contributed by atoms with Gasteiger partial charge in [0.15, 0.2) is 11.0 Å². The smallest absolute Gasteiger partial charge is 0.258 e. The summed E-state index contributed by atoms with van der Waals surface area (Å²) in [6.07, 6.45) is 1.21. The van der Waals surface area contributed by atoms with Crippen molar-refractivity contribution in [2.45, 2.75) is 0 Å². The van der Waals surface area contributed by atoms with Crippen molar-refractivity contribution in [2.24, 2.45) is 0 Å². The Hall–Kier alpha value is -1.85. The van der Waals surface area contributed by atoms with E-state index >= 15 is 0 Å². The Morgan fingerprint density at radius 1 is 1.22 bits per heavy atom. The molecule has 0 atom stereocenters. The van der Waals surface area contributed by atoms with Crippen LogP contribution in [0.3, 0.4) is 0 Å². The fourth-order valence-electron chi connectivity index (χ4n) is 1.31. The van der Waals surface area contributed by atoms with Gasteiger partial charge in [-0.1, -0.05) is 35.3 Å². The Balaban J connectivity index is 2.27. The highest BCUT2D eigenvalue weighted by Gasteiger charge is 2.13. The molecule has 0 aliphatic rings. The molecule has 0 spiro atoms. The Labute approximate surface area is 113 Å². The minimum Gasteiger partial charge on any atom is -0.398 e. The van der Waals surface area contributed by atoms with Crippen LogP contribution in [0.25, 0.3) is 0 Å². The van der Waals surface area contributed by atoms with Gasteiger partial charge in [-0.15, -0.1) is 0 Å². The number of nitrogens with two attached hydrogens (primary N) is 1. The van der Waals surface area contributed by atoms with Crippen molar-refractivity contribution < 1.29 is 4.79 Å². The Bertz CT molecular complexity index is 603. The van der Waals surface area contributed by atoms with E-state index in [-0.39, 0.29) is 16.0 Å². The second-order valence-electron chi connectivity index (χ2n) is 3.37. The maximum Gasteiger partial charge on any atom is 0.258 e. The van der Waals surface area contributed by atoms with Crippen LogP contribution in [0.2, 0.25) is 10.2 Å². The van der Waals surface area contributed by atoms with Gasteiger partial charge < -0.3 is 11.1 Å². The van der Waals surface area contributed by atoms with E-state index in [1.165, 1.54) is 6.33 Å². The number of rotatable bonds is 2. The van der Waals surface area contributed by atoms with Gasteiger partial charge in [-0.05, 0) is 12.1 Å². The summed E-state index contributed by atoms with van der Waals surface area (Å²) in [6, 6.07) is 6.67. The molecule has 1 aromatic carbocycles. The molecule has 1 amide bonds. The summed E-state index contributed by atoms with van der Waals surface area (Å²) in [7, 11) is 0. The molecular formula is C11H8Cl2N4O. The molecule has 1 heterocycles. The maximum absolute atomic E-state index is 11.9. The first-order chi connectivity index (χ1) is 8.59. The van der Waals surface area contributed by atoms with Crippen LogP contribution in [0.4, 0.5) is 11.5 Å². The van der Waals surface area contributed by atoms with Crippen LogP contribution in [0.5, 0.6) is 0 Å². The standard InChI is InChI=1S/C11H8Cl2N4O/c12-8-9(13)15-5-16-10(8)17-11(18)6-3-1-2-4-7(6)14/h1-5H,14H2,(H,15,16,17,18). The number of aromatic nitrogens is 2. The second kappa shape index (κ2) is 5.20. The number of nitrogen functional groups attached to an aromatic ring is 1.